The summed E-state index contributed by atoms with van der Waals surface area (Å²) in [6, 6.07) is 0.730. The summed E-state index contributed by atoms with van der Waals surface area (Å²) < 4.78 is 0. The van der Waals surface area contributed by atoms with Crippen LogP contribution in [0.25, 0.3) is 0 Å². The van der Waals surface area contributed by atoms with E-state index < -0.39 is 0 Å². The molecule has 1 saturated heterocycles. The van der Waals surface area contributed by atoms with Gasteiger partial charge in [-0.25, -0.2) is 4.98 Å². The minimum atomic E-state index is 0.124. The number of hydrogen-bond acceptors (Lipinski definition) is 4. The predicted octanol–water partition coefficient (Wildman–Crippen LogP) is 3.23. The first-order valence-corrected chi connectivity index (χ1v) is 8.98. The SMILES string of the molecule is CCC1CNCCC1(NC1CC1)c1nc(C(C)C)cs1. The Balaban J connectivity index is 1.93. The highest BCUT2D eigenvalue weighted by atomic mass is 32.1. The maximum Gasteiger partial charge on any atom is 0.113 e. The third-order valence-corrected chi connectivity index (χ3v) is 5.85. The molecule has 2 fully saturated rings. The van der Waals surface area contributed by atoms with E-state index in [9.17, 15) is 0 Å². The van der Waals surface area contributed by atoms with Crippen LogP contribution in [0.15, 0.2) is 5.38 Å². The molecule has 1 saturated carbocycles. The fraction of sp³-hybridized carbons (Fsp3) is 0.812. The number of hydrogen-bond donors (Lipinski definition) is 2. The molecule has 1 aliphatic heterocycles. The van der Waals surface area contributed by atoms with Gasteiger partial charge in [0.2, 0.25) is 0 Å². The minimum Gasteiger partial charge on any atom is -0.316 e. The highest BCUT2D eigenvalue weighted by Crippen LogP contribution is 2.41. The molecular formula is C16H27N3S. The molecule has 0 amide bonds. The zero-order valence-electron chi connectivity index (χ0n) is 12.9. The second-order valence-electron chi connectivity index (χ2n) is 6.68. The number of nitrogens with zero attached hydrogens (tertiary/aromatic N) is 1. The summed E-state index contributed by atoms with van der Waals surface area (Å²) >= 11 is 1.87. The van der Waals surface area contributed by atoms with E-state index in [1.807, 2.05) is 11.3 Å². The van der Waals surface area contributed by atoms with Crippen LogP contribution >= 0.6 is 11.3 Å². The summed E-state index contributed by atoms with van der Waals surface area (Å²) in [5.41, 5.74) is 1.38. The molecule has 4 heteroatoms. The number of thiazole rings is 1. The molecule has 1 aromatic rings. The smallest absolute Gasteiger partial charge is 0.113 e. The van der Waals surface area contributed by atoms with Crippen LogP contribution in [0.5, 0.6) is 0 Å². The maximum absolute atomic E-state index is 5.01. The molecular weight excluding hydrogens is 266 g/mol. The Morgan fingerprint density at radius 2 is 2.30 bits per heavy atom. The van der Waals surface area contributed by atoms with Gasteiger partial charge in [-0.3, -0.25) is 0 Å². The van der Waals surface area contributed by atoms with Crippen molar-refractivity contribution < 1.29 is 0 Å². The van der Waals surface area contributed by atoms with E-state index in [2.05, 4.69) is 36.8 Å². The van der Waals surface area contributed by atoms with Crippen LogP contribution in [0.1, 0.15) is 63.1 Å². The Morgan fingerprint density at radius 3 is 2.90 bits per heavy atom. The Morgan fingerprint density at radius 1 is 1.50 bits per heavy atom. The number of piperidine rings is 1. The molecule has 2 N–H and O–H groups in total. The van der Waals surface area contributed by atoms with Crippen molar-refractivity contribution in [1.82, 2.24) is 15.6 Å². The molecule has 0 bridgehead atoms. The molecule has 0 aromatic carbocycles. The molecule has 1 aliphatic carbocycles. The van der Waals surface area contributed by atoms with Gasteiger partial charge in [-0.2, -0.15) is 0 Å². The molecule has 112 valence electrons. The van der Waals surface area contributed by atoms with Crippen LogP contribution < -0.4 is 10.6 Å². The first kappa shape index (κ1) is 14.5. The van der Waals surface area contributed by atoms with Gasteiger partial charge in [-0.1, -0.05) is 20.8 Å². The molecule has 20 heavy (non-hydrogen) atoms. The van der Waals surface area contributed by atoms with Crippen LogP contribution in [0.3, 0.4) is 0 Å². The second kappa shape index (κ2) is 5.74. The van der Waals surface area contributed by atoms with Crippen molar-refractivity contribution in [2.24, 2.45) is 5.92 Å². The quantitative estimate of drug-likeness (QED) is 0.875. The van der Waals surface area contributed by atoms with Gasteiger partial charge >= 0.3 is 0 Å². The van der Waals surface area contributed by atoms with Gasteiger partial charge in [0.25, 0.3) is 0 Å². The van der Waals surface area contributed by atoms with Crippen molar-refractivity contribution >= 4 is 11.3 Å². The Labute approximate surface area is 126 Å². The van der Waals surface area contributed by atoms with Gasteiger partial charge in [0.15, 0.2) is 0 Å². The average Bonchev–Trinajstić information content (AvgIpc) is 3.10. The lowest BCUT2D eigenvalue weighted by Crippen LogP contribution is -2.57. The summed E-state index contributed by atoms with van der Waals surface area (Å²) in [6.45, 7) is 9.01. The van der Waals surface area contributed by atoms with E-state index in [4.69, 9.17) is 4.98 Å². The second-order valence-corrected chi connectivity index (χ2v) is 7.54. The first-order valence-electron chi connectivity index (χ1n) is 8.10. The lowest BCUT2D eigenvalue weighted by Gasteiger charge is -2.44. The summed E-state index contributed by atoms with van der Waals surface area (Å²) in [7, 11) is 0. The average molecular weight is 293 g/mol. The molecule has 3 nitrogen and oxygen atoms in total. The first-order chi connectivity index (χ1) is 9.65. The topological polar surface area (TPSA) is 37.0 Å². The third-order valence-electron chi connectivity index (χ3n) is 4.81. The van der Waals surface area contributed by atoms with E-state index >= 15 is 0 Å². The van der Waals surface area contributed by atoms with Crippen LogP contribution in [-0.2, 0) is 5.54 Å². The number of aromatic nitrogens is 1. The van der Waals surface area contributed by atoms with Crippen LogP contribution in [0.2, 0.25) is 0 Å². The van der Waals surface area contributed by atoms with Crippen molar-refractivity contribution in [2.45, 2.75) is 64.0 Å². The summed E-state index contributed by atoms with van der Waals surface area (Å²) in [6.07, 6.45) is 5.07. The third kappa shape index (κ3) is 2.66. The Hall–Kier alpha value is -0.450. The lowest BCUT2D eigenvalue weighted by atomic mass is 9.77. The molecule has 1 aromatic heterocycles. The van der Waals surface area contributed by atoms with Gasteiger partial charge in [0, 0.05) is 18.0 Å². The normalized spacial score (nSPS) is 30.9. The number of rotatable bonds is 5. The van der Waals surface area contributed by atoms with Gasteiger partial charge in [0.1, 0.15) is 5.01 Å². The van der Waals surface area contributed by atoms with E-state index in [0.29, 0.717) is 11.8 Å². The molecule has 3 rings (SSSR count). The summed E-state index contributed by atoms with van der Waals surface area (Å²) in [5.74, 6) is 1.18. The van der Waals surface area contributed by atoms with E-state index in [1.165, 1.54) is 36.4 Å². The number of nitrogens with one attached hydrogen (secondary N) is 2. The summed E-state index contributed by atoms with van der Waals surface area (Å²) in [5, 5.41) is 11.2. The Kier molecular flexibility index (Phi) is 4.16. The highest BCUT2D eigenvalue weighted by Gasteiger charge is 2.46. The van der Waals surface area contributed by atoms with Crippen LogP contribution in [0.4, 0.5) is 0 Å². The van der Waals surface area contributed by atoms with Crippen molar-refractivity contribution in [1.29, 1.82) is 0 Å². The molecule has 2 atom stereocenters. The molecule has 2 unspecified atom stereocenters. The monoisotopic (exact) mass is 293 g/mol. The molecule has 0 radical (unpaired) electrons. The van der Waals surface area contributed by atoms with Crippen molar-refractivity contribution in [3.63, 3.8) is 0 Å². The predicted molar refractivity (Wildman–Crippen MR) is 85.3 cm³/mol. The van der Waals surface area contributed by atoms with Crippen molar-refractivity contribution in [2.75, 3.05) is 13.1 Å². The van der Waals surface area contributed by atoms with Gasteiger partial charge in [0.05, 0.1) is 11.2 Å². The fourth-order valence-corrected chi connectivity index (χ4v) is 4.57. The molecule has 2 aliphatic rings. The van der Waals surface area contributed by atoms with Crippen LogP contribution in [-0.4, -0.2) is 24.1 Å². The van der Waals surface area contributed by atoms with Crippen molar-refractivity contribution in [3.05, 3.63) is 16.1 Å². The standard InChI is InChI=1S/C16H27N3S/c1-4-12-9-17-8-7-16(12,19-13-5-6-13)15-18-14(10-20-15)11(2)3/h10-13,17,19H,4-9H2,1-3H3. The van der Waals surface area contributed by atoms with E-state index in [1.54, 1.807) is 0 Å². The van der Waals surface area contributed by atoms with Crippen molar-refractivity contribution in [3.8, 4) is 0 Å². The highest BCUT2D eigenvalue weighted by molar-refractivity contribution is 7.09. The Bertz CT molecular complexity index is 452. The van der Waals surface area contributed by atoms with Crippen LogP contribution in [0, 0.1) is 5.92 Å². The molecule has 2 heterocycles. The van der Waals surface area contributed by atoms with E-state index in [0.717, 1.165) is 19.1 Å². The lowest BCUT2D eigenvalue weighted by molar-refractivity contribution is 0.146. The van der Waals surface area contributed by atoms with Gasteiger partial charge in [-0.05, 0) is 44.1 Å². The maximum atomic E-state index is 5.01. The van der Waals surface area contributed by atoms with Gasteiger partial charge < -0.3 is 10.6 Å². The zero-order valence-corrected chi connectivity index (χ0v) is 13.7. The zero-order chi connectivity index (χ0) is 14.2. The molecule has 0 spiro atoms. The largest absolute Gasteiger partial charge is 0.316 e. The van der Waals surface area contributed by atoms with E-state index in [-0.39, 0.29) is 5.54 Å². The van der Waals surface area contributed by atoms with Gasteiger partial charge in [-0.15, -0.1) is 11.3 Å². The summed E-state index contributed by atoms with van der Waals surface area (Å²) in [4.78, 5) is 5.01. The minimum absolute atomic E-state index is 0.124. The fourth-order valence-electron chi connectivity index (χ4n) is 3.31.